The Bertz CT molecular complexity index is 638. The normalized spacial score (nSPS) is 14.7. The van der Waals surface area contributed by atoms with Gasteiger partial charge in [0.2, 0.25) is 5.91 Å². The molecule has 3 rings (SSSR count). The number of halogens is 1. The molecule has 1 saturated carbocycles. The molecule has 4 nitrogen and oxygen atoms in total. The summed E-state index contributed by atoms with van der Waals surface area (Å²) in [6.45, 7) is 0. The maximum atomic E-state index is 11.1. The van der Waals surface area contributed by atoms with Crippen LogP contribution in [0.3, 0.4) is 0 Å². The Morgan fingerprint density at radius 1 is 1.39 bits per heavy atom. The average molecular weight is 307 g/mol. The summed E-state index contributed by atoms with van der Waals surface area (Å²) in [5.74, 6) is 0.314. The number of benzene rings is 1. The van der Waals surface area contributed by atoms with Crippen molar-refractivity contribution in [3.05, 3.63) is 34.4 Å². The molecule has 0 radical (unpaired) electrons. The highest BCUT2D eigenvalue weighted by Gasteiger charge is 2.23. The first kappa shape index (κ1) is 11.5. The van der Waals surface area contributed by atoms with Gasteiger partial charge in [-0.1, -0.05) is 0 Å². The van der Waals surface area contributed by atoms with Crippen molar-refractivity contribution < 1.29 is 9.53 Å². The minimum Gasteiger partial charge on any atom is -0.490 e. The van der Waals surface area contributed by atoms with E-state index in [-0.39, 0.29) is 0 Å². The number of hydrogen-bond donors (Lipinski definition) is 1. The van der Waals surface area contributed by atoms with E-state index in [9.17, 15) is 4.79 Å². The molecule has 2 aromatic rings. The van der Waals surface area contributed by atoms with Crippen molar-refractivity contribution >= 4 is 32.7 Å². The molecule has 0 atom stereocenters. The number of fused-ring (bicyclic) bond motifs is 1. The maximum Gasteiger partial charge on any atom is 0.250 e. The van der Waals surface area contributed by atoms with E-state index in [4.69, 9.17) is 10.5 Å². The van der Waals surface area contributed by atoms with Crippen molar-refractivity contribution in [2.75, 3.05) is 0 Å². The van der Waals surface area contributed by atoms with Crippen molar-refractivity contribution in [2.45, 2.75) is 18.9 Å². The van der Waals surface area contributed by atoms with Gasteiger partial charge < -0.3 is 10.5 Å². The van der Waals surface area contributed by atoms with E-state index in [1.807, 2.05) is 12.1 Å². The summed E-state index contributed by atoms with van der Waals surface area (Å²) in [5.41, 5.74) is 6.45. The third kappa shape index (κ3) is 2.18. The summed E-state index contributed by atoms with van der Waals surface area (Å²) in [7, 11) is 0. The van der Waals surface area contributed by atoms with Gasteiger partial charge in [-0.2, -0.15) is 0 Å². The summed E-state index contributed by atoms with van der Waals surface area (Å²) < 4.78 is 6.59. The van der Waals surface area contributed by atoms with Crippen molar-refractivity contribution in [2.24, 2.45) is 5.73 Å². The largest absolute Gasteiger partial charge is 0.490 e. The Balaban J connectivity index is 2.09. The molecule has 0 unspecified atom stereocenters. The monoisotopic (exact) mass is 306 g/mol. The molecule has 1 amide bonds. The molecule has 0 aliphatic heterocycles. The Morgan fingerprint density at radius 3 is 2.83 bits per heavy atom. The van der Waals surface area contributed by atoms with Gasteiger partial charge in [0.1, 0.15) is 5.75 Å². The van der Waals surface area contributed by atoms with Crippen molar-refractivity contribution in [3.8, 4) is 5.75 Å². The zero-order valence-electron chi connectivity index (χ0n) is 9.52. The number of primary amides is 1. The average Bonchev–Trinajstić information content (AvgIpc) is 3.12. The van der Waals surface area contributed by atoms with Crippen LogP contribution >= 0.6 is 15.9 Å². The SMILES string of the molecule is NC(=O)c1cnc2c(Br)cc(OC3CC3)cc2c1. The van der Waals surface area contributed by atoms with Gasteiger partial charge in [0.25, 0.3) is 0 Å². The molecule has 1 aromatic heterocycles. The fourth-order valence-electron chi connectivity index (χ4n) is 1.76. The molecule has 1 fully saturated rings. The fourth-order valence-corrected chi connectivity index (χ4v) is 2.32. The number of hydrogen-bond acceptors (Lipinski definition) is 3. The number of nitrogens with two attached hydrogens (primary N) is 1. The van der Waals surface area contributed by atoms with E-state index in [0.717, 1.165) is 34.0 Å². The lowest BCUT2D eigenvalue weighted by atomic mass is 10.1. The molecule has 5 heteroatoms. The Hall–Kier alpha value is -1.62. The van der Waals surface area contributed by atoms with E-state index in [1.54, 1.807) is 6.07 Å². The van der Waals surface area contributed by atoms with Crippen LogP contribution in [0.15, 0.2) is 28.9 Å². The lowest BCUT2D eigenvalue weighted by Gasteiger charge is -2.08. The molecule has 0 spiro atoms. The molecule has 18 heavy (non-hydrogen) atoms. The van der Waals surface area contributed by atoms with Crippen LogP contribution in [-0.4, -0.2) is 17.0 Å². The Morgan fingerprint density at radius 2 is 2.17 bits per heavy atom. The quantitative estimate of drug-likeness (QED) is 0.948. The third-order valence-electron chi connectivity index (χ3n) is 2.82. The van der Waals surface area contributed by atoms with Gasteiger partial charge in [-0.15, -0.1) is 0 Å². The summed E-state index contributed by atoms with van der Waals surface area (Å²) in [6.07, 6.45) is 4.03. The maximum absolute atomic E-state index is 11.1. The standard InChI is InChI=1S/C13H11BrN2O2/c14-11-5-10(18-9-1-2-9)4-7-3-8(13(15)17)6-16-12(7)11/h3-6,9H,1-2H2,(H2,15,17). The summed E-state index contributed by atoms with van der Waals surface area (Å²) in [4.78, 5) is 15.4. The lowest BCUT2D eigenvalue weighted by Crippen LogP contribution is -2.11. The van der Waals surface area contributed by atoms with Crippen LogP contribution in [0.25, 0.3) is 10.9 Å². The molecule has 1 aromatic carbocycles. The highest BCUT2D eigenvalue weighted by molar-refractivity contribution is 9.10. The van der Waals surface area contributed by atoms with Crippen LogP contribution in [-0.2, 0) is 0 Å². The number of ether oxygens (including phenoxy) is 1. The number of carbonyl (C=O) groups is 1. The highest BCUT2D eigenvalue weighted by Crippen LogP contribution is 2.32. The topological polar surface area (TPSA) is 65.2 Å². The van der Waals surface area contributed by atoms with Gasteiger partial charge in [0, 0.05) is 16.1 Å². The van der Waals surface area contributed by atoms with Gasteiger partial charge in [-0.25, -0.2) is 0 Å². The first-order valence-corrected chi connectivity index (χ1v) is 6.48. The van der Waals surface area contributed by atoms with Crippen LogP contribution in [0, 0.1) is 0 Å². The van der Waals surface area contributed by atoms with Crippen LogP contribution in [0.1, 0.15) is 23.2 Å². The number of rotatable bonds is 3. The van der Waals surface area contributed by atoms with Gasteiger partial charge in [0.05, 0.1) is 17.2 Å². The van der Waals surface area contributed by atoms with Crippen molar-refractivity contribution in [1.82, 2.24) is 4.98 Å². The molecule has 0 saturated heterocycles. The minimum absolute atomic E-state index is 0.335. The predicted molar refractivity (Wildman–Crippen MR) is 71.6 cm³/mol. The van der Waals surface area contributed by atoms with E-state index < -0.39 is 5.91 Å². The molecular weight excluding hydrogens is 296 g/mol. The van der Waals surface area contributed by atoms with Gasteiger partial charge in [0.15, 0.2) is 0 Å². The third-order valence-corrected chi connectivity index (χ3v) is 3.43. The number of carbonyl (C=O) groups excluding carboxylic acids is 1. The zero-order chi connectivity index (χ0) is 12.7. The van der Waals surface area contributed by atoms with Gasteiger partial charge in [-0.3, -0.25) is 9.78 Å². The Labute approximate surface area is 112 Å². The lowest BCUT2D eigenvalue weighted by molar-refractivity contribution is 0.1000. The second kappa shape index (κ2) is 4.24. The van der Waals surface area contributed by atoms with Crippen molar-refractivity contribution in [3.63, 3.8) is 0 Å². The fraction of sp³-hybridized carbons (Fsp3) is 0.231. The van der Waals surface area contributed by atoms with Gasteiger partial charge >= 0.3 is 0 Å². The molecule has 2 N–H and O–H groups in total. The molecule has 1 aliphatic carbocycles. The number of aromatic nitrogens is 1. The predicted octanol–water partition coefficient (Wildman–Crippen LogP) is 2.64. The van der Waals surface area contributed by atoms with E-state index in [0.29, 0.717) is 11.7 Å². The first-order valence-electron chi connectivity index (χ1n) is 5.69. The summed E-state index contributed by atoms with van der Waals surface area (Å²) in [6, 6.07) is 5.52. The summed E-state index contributed by atoms with van der Waals surface area (Å²) >= 11 is 3.46. The molecule has 0 bridgehead atoms. The molecule has 1 heterocycles. The molecular formula is C13H11BrN2O2. The van der Waals surface area contributed by atoms with Crippen LogP contribution in [0.5, 0.6) is 5.75 Å². The Kier molecular flexibility index (Phi) is 2.70. The number of nitrogens with zero attached hydrogens (tertiary/aromatic N) is 1. The zero-order valence-corrected chi connectivity index (χ0v) is 11.1. The first-order chi connectivity index (χ1) is 8.63. The van der Waals surface area contributed by atoms with Crippen LogP contribution in [0.4, 0.5) is 0 Å². The highest BCUT2D eigenvalue weighted by atomic mass is 79.9. The van der Waals surface area contributed by atoms with Crippen LogP contribution in [0.2, 0.25) is 0 Å². The van der Waals surface area contributed by atoms with E-state index >= 15 is 0 Å². The van der Waals surface area contributed by atoms with Crippen LogP contribution < -0.4 is 10.5 Å². The summed E-state index contributed by atoms with van der Waals surface area (Å²) in [5, 5.41) is 0.844. The van der Waals surface area contributed by atoms with E-state index in [1.165, 1.54) is 6.20 Å². The second-order valence-electron chi connectivity index (χ2n) is 4.38. The smallest absolute Gasteiger partial charge is 0.250 e. The molecule has 1 aliphatic rings. The second-order valence-corrected chi connectivity index (χ2v) is 5.24. The number of amides is 1. The van der Waals surface area contributed by atoms with Crippen molar-refractivity contribution in [1.29, 1.82) is 0 Å². The van der Waals surface area contributed by atoms with E-state index in [2.05, 4.69) is 20.9 Å². The minimum atomic E-state index is -0.478. The molecule has 92 valence electrons. The number of pyridine rings is 1. The van der Waals surface area contributed by atoms with Gasteiger partial charge in [-0.05, 0) is 47.0 Å².